The SMILES string of the molecule is COC(=O)c1cccc(NC(=O)Cc2c(C)[nH]c3ccccc23)c1. The fraction of sp³-hybridized carbons (Fsp3) is 0.158. The summed E-state index contributed by atoms with van der Waals surface area (Å²) in [5.41, 5.74) is 3.95. The van der Waals surface area contributed by atoms with Gasteiger partial charge in [-0.15, -0.1) is 0 Å². The number of fused-ring (bicyclic) bond motifs is 1. The fourth-order valence-corrected chi connectivity index (χ4v) is 2.77. The Morgan fingerprint density at radius 3 is 2.71 bits per heavy atom. The van der Waals surface area contributed by atoms with Crippen LogP contribution in [0.2, 0.25) is 0 Å². The Balaban J connectivity index is 1.78. The van der Waals surface area contributed by atoms with Crippen LogP contribution in [0.1, 0.15) is 21.6 Å². The average molecular weight is 322 g/mol. The maximum atomic E-state index is 12.4. The first-order valence-electron chi connectivity index (χ1n) is 7.63. The second-order valence-electron chi connectivity index (χ2n) is 5.57. The van der Waals surface area contributed by atoms with Crippen molar-refractivity contribution < 1.29 is 14.3 Å². The standard InChI is InChI=1S/C19H18N2O3/c1-12-16(15-8-3-4-9-17(15)20-12)11-18(22)21-14-7-5-6-13(10-14)19(23)24-2/h3-10,20H,11H2,1-2H3,(H,21,22). The number of carbonyl (C=O) groups excluding carboxylic acids is 2. The van der Waals surface area contributed by atoms with Gasteiger partial charge in [0.25, 0.3) is 0 Å². The summed E-state index contributed by atoms with van der Waals surface area (Å²) in [5, 5.41) is 3.88. The van der Waals surface area contributed by atoms with Crippen LogP contribution in [0, 0.1) is 6.92 Å². The fourth-order valence-electron chi connectivity index (χ4n) is 2.77. The lowest BCUT2D eigenvalue weighted by atomic mass is 10.1. The van der Waals surface area contributed by atoms with Gasteiger partial charge in [0.2, 0.25) is 5.91 Å². The number of H-pyrrole nitrogens is 1. The van der Waals surface area contributed by atoms with E-state index in [1.54, 1.807) is 24.3 Å². The Morgan fingerprint density at radius 1 is 1.12 bits per heavy atom. The van der Waals surface area contributed by atoms with Crippen LogP contribution in [0.4, 0.5) is 5.69 Å². The van der Waals surface area contributed by atoms with Crippen LogP contribution < -0.4 is 5.32 Å². The molecule has 122 valence electrons. The van der Waals surface area contributed by atoms with Gasteiger partial charge >= 0.3 is 5.97 Å². The van der Waals surface area contributed by atoms with E-state index in [1.807, 2.05) is 31.2 Å². The molecule has 1 aromatic heterocycles. The smallest absolute Gasteiger partial charge is 0.337 e. The molecule has 0 aliphatic rings. The molecule has 2 aromatic carbocycles. The van der Waals surface area contributed by atoms with Crippen molar-refractivity contribution >= 4 is 28.5 Å². The number of aromatic nitrogens is 1. The first kappa shape index (κ1) is 15.8. The van der Waals surface area contributed by atoms with E-state index in [9.17, 15) is 9.59 Å². The molecule has 0 bridgehead atoms. The average Bonchev–Trinajstić information content (AvgIpc) is 2.90. The highest BCUT2D eigenvalue weighted by Crippen LogP contribution is 2.22. The van der Waals surface area contributed by atoms with E-state index in [1.165, 1.54) is 7.11 Å². The predicted octanol–water partition coefficient (Wildman–Crippen LogP) is 3.44. The number of methoxy groups -OCH3 is 1. The third kappa shape index (κ3) is 3.15. The molecule has 3 aromatic rings. The number of amides is 1. The number of rotatable bonds is 4. The van der Waals surface area contributed by atoms with E-state index in [-0.39, 0.29) is 12.3 Å². The molecule has 0 saturated carbocycles. The summed E-state index contributed by atoms with van der Waals surface area (Å²) < 4.78 is 4.69. The van der Waals surface area contributed by atoms with E-state index in [2.05, 4.69) is 15.0 Å². The molecule has 1 amide bonds. The Morgan fingerprint density at radius 2 is 1.92 bits per heavy atom. The quantitative estimate of drug-likeness (QED) is 0.723. The molecular weight excluding hydrogens is 304 g/mol. The van der Waals surface area contributed by atoms with Gasteiger partial charge in [-0.3, -0.25) is 4.79 Å². The molecule has 0 radical (unpaired) electrons. The van der Waals surface area contributed by atoms with Crippen LogP contribution in [-0.2, 0) is 16.0 Å². The van der Waals surface area contributed by atoms with E-state index in [0.29, 0.717) is 11.3 Å². The summed E-state index contributed by atoms with van der Waals surface area (Å²) in [6, 6.07) is 14.6. The number of para-hydroxylation sites is 1. The molecule has 3 rings (SSSR count). The van der Waals surface area contributed by atoms with Crippen molar-refractivity contribution in [3.05, 3.63) is 65.4 Å². The van der Waals surface area contributed by atoms with E-state index < -0.39 is 5.97 Å². The topological polar surface area (TPSA) is 71.2 Å². The Bertz CT molecular complexity index is 912. The van der Waals surface area contributed by atoms with Crippen molar-refractivity contribution in [2.45, 2.75) is 13.3 Å². The van der Waals surface area contributed by atoms with Crippen molar-refractivity contribution in [3.8, 4) is 0 Å². The van der Waals surface area contributed by atoms with Crippen LogP contribution in [-0.4, -0.2) is 24.0 Å². The van der Waals surface area contributed by atoms with Gasteiger partial charge in [-0.05, 0) is 36.8 Å². The summed E-state index contributed by atoms with van der Waals surface area (Å²) in [6.45, 7) is 1.96. The maximum absolute atomic E-state index is 12.4. The van der Waals surface area contributed by atoms with Gasteiger partial charge < -0.3 is 15.0 Å². The van der Waals surface area contributed by atoms with Crippen LogP contribution in [0.15, 0.2) is 48.5 Å². The number of esters is 1. The highest BCUT2D eigenvalue weighted by molar-refractivity contribution is 5.97. The van der Waals surface area contributed by atoms with Gasteiger partial charge in [0.05, 0.1) is 19.1 Å². The lowest BCUT2D eigenvalue weighted by Crippen LogP contribution is -2.15. The molecule has 0 aliphatic heterocycles. The minimum Gasteiger partial charge on any atom is -0.465 e. The molecule has 0 spiro atoms. The molecule has 0 saturated heterocycles. The zero-order valence-electron chi connectivity index (χ0n) is 13.6. The molecule has 0 atom stereocenters. The van der Waals surface area contributed by atoms with Crippen molar-refractivity contribution in [1.29, 1.82) is 0 Å². The maximum Gasteiger partial charge on any atom is 0.337 e. The van der Waals surface area contributed by atoms with Crippen LogP contribution >= 0.6 is 0 Å². The van der Waals surface area contributed by atoms with Crippen LogP contribution in [0.25, 0.3) is 10.9 Å². The first-order valence-corrected chi connectivity index (χ1v) is 7.63. The Kier molecular flexibility index (Phi) is 4.33. The summed E-state index contributed by atoms with van der Waals surface area (Å²) in [6.07, 6.45) is 0.262. The normalized spacial score (nSPS) is 10.6. The minimum absolute atomic E-state index is 0.134. The lowest BCUT2D eigenvalue weighted by molar-refractivity contribution is -0.115. The zero-order valence-corrected chi connectivity index (χ0v) is 13.6. The summed E-state index contributed by atoms with van der Waals surface area (Å²) >= 11 is 0. The summed E-state index contributed by atoms with van der Waals surface area (Å²) in [4.78, 5) is 27.2. The molecule has 0 unspecified atom stereocenters. The molecule has 24 heavy (non-hydrogen) atoms. The van der Waals surface area contributed by atoms with Crippen LogP contribution in [0.3, 0.4) is 0 Å². The molecular formula is C19H18N2O3. The predicted molar refractivity (Wildman–Crippen MR) is 93.2 cm³/mol. The molecule has 5 heteroatoms. The second kappa shape index (κ2) is 6.58. The summed E-state index contributed by atoms with van der Waals surface area (Å²) in [7, 11) is 1.33. The van der Waals surface area contributed by atoms with Gasteiger partial charge in [-0.25, -0.2) is 4.79 Å². The molecule has 2 N–H and O–H groups in total. The number of aromatic amines is 1. The van der Waals surface area contributed by atoms with Gasteiger partial charge in [0, 0.05) is 22.3 Å². The van der Waals surface area contributed by atoms with E-state index in [0.717, 1.165) is 22.2 Å². The number of aryl methyl sites for hydroxylation is 1. The van der Waals surface area contributed by atoms with Gasteiger partial charge in [0.15, 0.2) is 0 Å². The lowest BCUT2D eigenvalue weighted by Gasteiger charge is -2.07. The van der Waals surface area contributed by atoms with Crippen molar-refractivity contribution in [2.75, 3.05) is 12.4 Å². The largest absolute Gasteiger partial charge is 0.465 e. The number of hydrogen-bond acceptors (Lipinski definition) is 3. The van der Waals surface area contributed by atoms with Crippen molar-refractivity contribution in [3.63, 3.8) is 0 Å². The van der Waals surface area contributed by atoms with Gasteiger partial charge in [0.1, 0.15) is 0 Å². The highest BCUT2D eigenvalue weighted by atomic mass is 16.5. The third-order valence-corrected chi connectivity index (χ3v) is 3.93. The Labute approximate surface area is 139 Å². The molecule has 1 heterocycles. The Hall–Kier alpha value is -3.08. The summed E-state index contributed by atoms with van der Waals surface area (Å²) in [5.74, 6) is -0.566. The monoisotopic (exact) mass is 322 g/mol. The highest BCUT2D eigenvalue weighted by Gasteiger charge is 2.13. The molecule has 0 aliphatic carbocycles. The van der Waals surface area contributed by atoms with E-state index >= 15 is 0 Å². The van der Waals surface area contributed by atoms with Crippen LogP contribution in [0.5, 0.6) is 0 Å². The number of benzene rings is 2. The second-order valence-corrected chi connectivity index (χ2v) is 5.57. The number of anilines is 1. The number of nitrogens with one attached hydrogen (secondary N) is 2. The molecule has 5 nitrogen and oxygen atoms in total. The number of hydrogen-bond donors (Lipinski definition) is 2. The van der Waals surface area contributed by atoms with E-state index in [4.69, 9.17) is 0 Å². The third-order valence-electron chi connectivity index (χ3n) is 3.93. The number of carbonyl (C=O) groups is 2. The van der Waals surface area contributed by atoms with Gasteiger partial charge in [-0.2, -0.15) is 0 Å². The molecule has 0 fully saturated rings. The first-order chi connectivity index (χ1) is 11.6. The van der Waals surface area contributed by atoms with Crippen molar-refractivity contribution in [1.82, 2.24) is 4.98 Å². The van der Waals surface area contributed by atoms with Crippen molar-refractivity contribution in [2.24, 2.45) is 0 Å². The zero-order chi connectivity index (χ0) is 17.1. The number of ether oxygens (including phenoxy) is 1. The van der Waals surface area contributed by atoms with Gasteiger partial charge in [-0.1, -0.05) is 24.3 Å². The minimum atomic E-state index is -0.432.